The van der Waals surface area contributed by atoms with Crippen LogP contribution in [0.15, 0.2) is 12.3 Å². The van der Waals surface area contributed by atoms with Crippen molar-refractivity contribution in [3.05, 3.63) is 18.0 Å². The first kappa shape index (κ1) is 13.0. The third-order valence-corrected chi connectivity index (χ3v) is 3.56. The van der Waals surface area contributed by atoms with Crippen molar-refractivity contribution in [1.29, 1.82) is 0 Å². The second-order valence-electron chi connectivity index (χ2n) is 5.07. The van der Waals surface area contributed by atoms with E-state index in [0.29, 0.717) is 19.3 Å². The summed E-state index contributed by atoms with van der Waals surface area (Å²) in [6.07, 6.45) is 2.93. The molecular weight excluding hydrogens is 240 g/mol. The van der Waals surface area contributed by atoms with E-state index >= 15 is 0 Å². The fourth-order valence-corrected chi connectivity index (χ4v) is 2.29. The molecule has 0 bridgehead atoms. The summed E-state index contributed by atoms with van der Waals surface area (Å²) in [4.78, 5) is 11.9. The summed E-state index contributed by atoms with van der Waals surface area (Å²) in [5, 5.41) is 6.37. The summed E-state index contributed by atoms with van der Waals surface area (Å²) >= 11 is 0. The number of alkyl halides is 2. The van der Waals surface area contributed by atoms with Gasteiger partial charge in [-0.3, -0.25) is 9.48 Å². The van der Waals surface area contributed by atoms with Gasteiger partial charge < -0.3 is 5.32 Å². The summed E-state index contributed by atoms with van der Waals surface area (Å²) in [5.41, 5.74) is -1.31. The van der Waals surface area contributed by atoms with Gasteiger partial charge in [-0.25, -0.2) is 8.78 Å². The first-order valence-electron chi connectivity index (χ1n) is 6.04. The van der Waals surface area contributed by atoms with Gasteiger partial charge in [-0.1, -0.05) is 6.42 Å². The number of carbonyl (C=O) groups is 1. The van der Waals surface area contributed by atoms with Gasteiger partial charge in [0, 0.05) is 19.7 Å². The Morgan fingerprint density at radius 1 is 1.44 bits per heavy atom. The number of nitrogens with one attached hydrogen (secondary N) is 1. The standard InChI is InChI=1S/C12H17F2N3O/c1-11(6-3-4-7-12(11,13)14)15-10(18)9-5-8-17(2)16-9/h5,8H,3-4,6-7H2,1-2H3,(H,15,18). The van der Waals surface area contributed by atoms with Crippen LogP contribution in [-0.2, 0) is 7.05 Å². The third-order valence-electron chi connectivity index (χ3n) is 3.56. The van der Waals surface area contributed by atoms with Crippen molar-refractivity contribution in [2.24, 2.45) is 7.05 Å². The van der Waals surface area contributed by atoms with Crippen molar-refractivity contribution < 1.29 is 13.6 Å². The lowest BCUT2D eigenvalue weighted by Crippen LogP contribution is -2.60. The van der Waals surface area contributed by atoms with Gasteiger partial charge in [0.1, 0.15) is 11.2 Å². The molecule has 1 fully saturated rings. The molecule has 1 heterocycles. The molecule has 1 saturated carbocycles. The predicted molar refractivity (Wildman–Crippen MR) is 62.5 cm³/mol. The second-order valence-corrected chi connectivity index (χ2v) is 5.07. The van der Waals surface area contributed by atoms with Crippen LogP contribution in [0.25, 0.3) is 0 Å². The Hall–Kier alpha value is -1.46. The van der Waals surface area contributed by atoms with E-state index in [2.05, 4.69) is 10.4 Å². The molecule has 1 aromatic rings. The van der Waals surface area contributed by atoms with Crippen LogP contribution in [0.2, 0.25) is 0 Å². The van der Waals surface area contributed by atoms with Crippen LogP contribution in [0.1, 0.15) is 43.1 Å². The molecule has 1 unspecified atom stereocenters. The topological polar surface area (TPSA) is 46.9 Å². The summed E-state index contributed by atoms with van der Waals surface area (Å²) in [6.45, 7) is 1.41. The minimum atomic E-state index is -2.87. The van der Waals surface area contributed by atoms with E-state index in [1.807, 2.05) is 0 Å². The van der Waals surface area contributed by atoms with Crippen LogP contribution in [-0.4, -0.2) is 27.1 Å². The quantitative estimate of drug-likeness (QED) is 0.882. The minimum absolute atomic E-state index is 0.167. The molecule has 2 rings (SSSR count). The van der Waals surface area contributed by atoms with Crippen molar-refractivity contribution in [2.75, 3.05) is 0 Å². The monoisotopic (exact) mass is 257 g/mol. The fraction of sp³-hybridized carbons (Fsp3) is 0.667. The number of amides is 1. The van der Waals surface area contributed by atoms with Crippen molar-refractivity contribution in [3.8, 4) is 0 Å². The highest BCUT2D eigenvalue weighted by molar-refractivity contribution is 5.92. The van der Waals surface area contributed by atoms with Gasteiger partial charge in [-0.05, 0) is 25.8 Å². The van der Waals surface area contributed by atoms with E-state index in [1.54, 1.807) is 13.2 Å². The Bertz CT molecular complexity index is 458. The number of aromatic nitrogens is 2. The molecule has 18 heavy (non-hydrogen) atoms. The Morgan fingerprint density at radius 3 is 2.67 bits per heavy atom. The number of nitrogens with zero attached hydrogens (tertiary/aromatic N) is 2. The molecule has 6 heteroatoms. The number of hydrogen-bond acceptors (Lipinski definition) is 2. The predicted octanol–water partition coefficient (Wildman–Crippen LogP) is 2.12. The molecule has 0 aliphatic heterocycles. The Morgan fingerprint density at radius 2 is 2.11 bits per heavy atom. The summed E-state index contributed by atoms with van der Waals surface area (Å²) in [6, 6.07) is 1.51. The van der Waals surface area contributed by atoms with E-state index in [-0.39, 0.29) is 12.1 Å². The Labute approximate surface area is 104 Å². The van der Waals surface area contributed by atoms with E-state index in [0.717, 1.165) is 0 Å². The first-order chi connectivity index (χ1) is 8.34. The maximum absolute atomic E-state index is 13.9. The Balaban J connectivity index is 2.14. The van der Waals surface area contributed by atoms with Crippen LogP contribution < -0.4 is 5.32 Å². The molecule has 0 saturated heterocycles. The zero-order valence-corrected chi connectivity index (χ0v) is 10.5. The highest BCUT2D eigenvalue weighted by atomic mass is 19.3. The number of carbonyl (C=O) groups excluding carboxylic acids is 1. The van der Waals surface area contributed by atoms with Crippen LogP contribution in [0, 0.1) is 0 Å². The van der Waals surface area contributed by atoms with Gasteiger partial charge in [0.05, 0.1) is 0 Å². The minimum Gasteiger partial charge on any atom is -0.339 e. The molecule has 100 valence electrons. The lowest BCUT2D eigenvalue weighted by Gasteiger charge is -2.41. The van der Waals surface area contributed by atoms with E-state index in [9.17, 15) is 13.6 Å². The van der Waals surface area contributed by atoms with Crippen molar-refractivity contribution in [2.45, 2.75) is 44.1 Å². The molecule has 1 atom stereocenters. The smallest absolute Gasteiger partial charge is 0.272 e. The van der Waals surface area contributed by atoms with Crippen molar-refractivity contribution >= 4 is 5.91 Å². The largest absolute Gasteiger partial charge is 0.339 e. The van der Waals surface area contributed by atoms with Gasteiger partial charge in [0.2, 0.25) is 0 Å². The third kappa shape index (κ3) is 2.23. The Kier molecular flexibility index (Phi) is 3.12. The zero-order valence-electron chi connectivity index (χ0n) is 10.5. The zero-order chi connectivity index (χ0) is 13.4. The molecule has 0 spiro atoms. The lowest BCUT2D eigenvalue weighted by molar-refractivity contribution is -0.106. The van der Waals surface area contributed by atoms with E-state index < -0.39 is 17.4 Å². The normalized spacial score (nSPS) is 26.9. The molecule has 0 radical (unpaired) electrons. The number of aryl methyl sites for hydroxylation is 1. The average molecular weight is 257 g/mol. The van der Waals surface area contributed by atoms with Gasteiger partial charge in [0.15, 0.2) is 0 Å². The van der Waals surface area contributed by atoms with E-state index in [4.69, 9.17) is 0 Å². The number of rotatable bonds is 2. The molecule has 1 aromatic heterocycles. The number of halogens is 2. The van der Waals surface area contributed by atoms with Crippen LogP contribution in [0.4, 0.5) is 8.78 Å². The van der Waals surface area contributed by atoms with Gasteiger partial charge in [-0.2, -0.15) is 5.10 Å². The van der Waals surface area contributed by atoms with Crippen molar-refractivity contribution in [3.63, 3.8) is 0 Å². The average Bonchev–Trinajstić information content (AvgIpc) is 2.70. The fourth-order valence-electron chi connectivity index (χ4n) is 2.29. The lowest BCUT2D eigenvalue weighted by atomic mass is 9.79. The second kappa shape index (κ2) is 4.33. The van der Waals surface area contributed by atoms with Crippen LogP contribution >= 0.6 is 0 Å². The first-order valence-corrected chi connectivity index (χ1v) is 6.04. The van der Waals surface area contributed by atoms with Gasteiger partial charge in [-0.15, -0.1) is 0 Å². The maximum atomic E-state index is 13.9. The summed E-state index contributed by atoms with van der Waals surface area (Å²) in [5.74, 6) is -3.41. The highest BCUT2D eigenvalue weighted by Crippen LogP contribution is 2.41. The van der Waals surface area contributed by atoms with Crippen molar-refractivity contribution in [1.82, 2.24) is 15.1 Å². The van der Waals surface area contributed by atoms with Crippen LogP contribution in [0.3, 0.4) is 0 Å². The highest BCUT2D eigenvalue weighted by Gasteiger charge is 2.52. The molecule has 1 N–H and O–H groups in total. The molecule has 4 nitrogen and oxygen atoms in total. The molecule has 1 aliphatic rings. The number of hydrogen-bond donors (Lipinski definition) is 1. The van der Waals surface area contributed by atoms with Gasteiger partial charge in [0.25, 0.3) is 11.8 Å². The molecule has 1 aliphatic carbocycles. The SMILES string of the molecule is Cn1ccc(C(=O)NC2(C)CCCCC2(F)F)n1. The molecule has 0 aromatic carbocycles. The van der Waals surface area contributed by atoms with Crippen LogP contribution in [0.5, 0.6) is 0 Å². The molecule has 1 amide bonds. The maximum Gasteiger partial charge on any atom is 0.272 e. The van der Waals surface area contributed by atoms with Gasteiger partial charge >= 0.3 is 0 Å². The summed E-state index contributed by atoms with van der Waals surface area (Å²) < 4.78 is 29.3. The van der Waals surface area contributed by atoms with E-state index in [1.165, 1.54) is 17.7 Å². The molecular formula is C12H17F2N3O. The summed E-state index contributed by atoms with van der Waals surface area (Å²) in [7, 11) is 1.67.